The molecule has 4 fully saturated rings. The van der Waals surface area contributed by atoms with Gasteiger partial charge in [0.25, 0.3) is 0 Å². The molecule has 0 aromatic carbocycles. The fourth-order valence-corrected chi connectivity index (χ4v) is 6.62. The second-order valence-corrected chi connectivity index (χ2v) is 8.39. The summed E-state index contributed by atoms with van der Waals surface area (Å²) < 4.78 is 0. The molecule has 3 nitrogen and oxygen atoms in total. The Morgan fingerprint density at radius 2 is 1.57 bits per heavy atom. The lowest BCUT2D eigenvalue weighted by Gasteiger charge is -2.55. The summed E-state index contributed by atoms with van der Waals surface area (Å²) in [6.45, 7) is 2.22. The number of hydrogen-bond donors (Lipinski definition) is 2. The van der Waals surface area contributed by atoms with E-state index in [9.17, 15) is 15.0 Å². The maximum atomic E-state index is 12.3. The van der Waals surface area contributed by atoms with Gasteiger partial charge in [-0.25, -0.2) is 0 Å². The number of aliphatic hydroxyl groups excluding tert-OH is 2. The molecule has 0 aromatic rings. The van der Waals surface area contributed by atoms with E-state index in [0.29, 0.717) is 35.4 Å². The van der Waals surface area contributed by atoms with Crippen molar-refractivity contribution in [1.82, 2.24) is 0 Å². The normalized spacial score (nSPS) is 56.5. The summed E-state index contributed by atoms with van der Waals surface area (Å²) in [7, 11) is 0. The highest BCUT2D eigenvalue weighted by Gasteiger charge is 2.57. The molecular weight excluding hydrogens is 264 g/mol. The van der Waals surface area contributed by atoms with Crippen LogP contribution < -0.4 is 0 Å². The predicted octanol–water partition coefficient (Wildman–Crippen LogP) is 2.54. The zero-order valence-electron chi connectivity index (χ0n) is 13.0. The van der Waals surface area contributed by atoms with Crippen molar-refractivity contribution < 1.29 is 15.0 Å². The zero-order chi connectivity index (χ0) is 14.8. The average molecular weight is 292 g/mol. The lowest BCUT2D eigenvalue weighted by atomic mass is 9.50. The summed E-state index contributed by atoms with van der Waals surface area (Å²) in [5.74, 6) is 3.37. The topological polar surface area (TPSA) is 57.5 Å². The Morgan fingerprint density at radius 3 is 2.38 bits per heavy atom. The third-order valence-electron chi connectivity index (χ3n) is 7.76. The number of aliphatic hydroxyl groups is 2. The van der Waals surface area contributed by atoms with Crippen molar-refractivity contribution in [3.05, 3.63) is 0 Å². The van der Waals surface area contributed by atoms with Crippen molar-refractivity contribution in [2.24, 2.45) is 35.0 Å². The molecule has 0 aromatic heterocycles. The van der Waals surface area contributed by atoms with E-state index in [1.807, 2.05) is 0 Å². The van der Waals surface area contributed by atoms with Gasteiger partial charge < -0.3 is 10.2 Å². The second-order valence-electron chi connectivity index (χ2n) is 8.39. The van der Waals surface area contributed by atoms with Gasteiger partial charge in [0.2, 0.25) is 0 Å². The van der Waals surface area contributed by atoms with Crippen LogP contribution in [0.5, 0.6) is 0 Å². The van der Waals surface area contributed by atoms with Crippen LogP contribution in [0.4, 0.5) is 0 Å². The highest BCUT2D eigenvalue weighted by atomic mass is 16.3. The molecule has 0 amide bonds. The smallest absolute Gasteiger partial charge is 0.139 e. The van der Waals surface area contributed by atoms with Crippen LogP contribution >= 0.6 is 0 Å². The molecular formula is C18H28O3. The van der Waals surface area contributed by atoms with Gasteiger partial charge in [0.15, 0.2) is 0 Å². The highest BCUT2D eigenvalue weighted by Crippen LogP contribution is 2.61. The summed E-state index contributed by atoms with van der Waals surface area (Å²) in [5, 5.41) is 20.3. The maximum Gasteiger partial charge on any atom is 0.139 e. The molecule has 4 saturated carbocycles. The van der Waals surface area contributed by atoms with E-state index in [1.54, 1.807) is 0 Å². The molecule has 0 aliphatic heterocycles. The van der Waals surface area contributed by atoms with E-state index >= 15 is 0 Å². The van der Waals surface area contributed by atoms with Crippen LogP contribution in [0, 0.1) is 35.0 Å². The molecule has 3 heteroatoms. The van der Waals surface area contributed by atoms with Gasteiger partial charge in [-0.05, 0) is 74.5 Å². The Bertz CT molecular complexity index is 448. The summed E-state index contributed by atoms with van der Waals surface area (Å²) in [6, 6.07) is 0. The summed E-state index contributed by atoms with van der Waals surface area (Å²) >= 11 is 0. The minimum Gasteiger partial charge on any atom is -0.390 e. The summed E-state index contributed by atoms with van der Waals surface area (Å²) in [6.07, 6.45) is 7.11. The standard InChI is InChI=1S/C18H28O3/c1-18-9-8-11-10-4-6-15(19)17(21)13(10)3-2-12(11)14(18)5-7-16(18)20/h10-15,17,19,21H,2-9H2,1H3. The van der Waals surface area contributed by atoms with Crippen LogP contribution in [-0.2, 0) is 4.79 Å². The van der Waals surface area contributed by atoms with Crippen molar-refractivity contribution in [3.63, 3.8) is 0 Å². The fraction of sp³-hybridized carbons (Fsp3) is 0.944. The summed E-state index contributed by atoms with van der Waals surface area (Å²) in [4.78, 5) is 12.3. The van der Waals surface area contributed by atoms with Crippen LogP contribution in [-0.4, -0.2) is 28.2 Å². The molecule has 0 saturated heterocycles. The molecule has 21 heavy (non-hydrogen) atoms. The lowest BCUT2D eigenvalue weighted by Crippen LogP contribution is -2.53. The van der Waals surface area contributed by atoms with Crippen LogP contribution in [0.15, 0.2) is 0 Å². The van der Waals surface area contributed by atoms with E-state index < -0.39 is 12.2 Å². The first-order valence-corrected chi connectivity index (χ1v) is 8.92. The molecule has 0 radical (unpaired) electrons. The molecule has 0 spiro atoms. The van der Waals surface area contributed by atoms with E-state index in [1.165, 1.54) is 0 Å². The molecule has 118 valence electrons. The summed E-state index contributed by atoms with van der Waals surface area (Å²) in [5.41, 5.74) is -0.0409. The SMILES string of the molecule is CC12CCC3C4CCC(O)C(O)C4CCC3C1CCC2=O. The van der Waals surface area contributed by atoms with Crippen LogP contribution in [0.2, 0.25) is 0 Å². The van der Waals surface area contributed by atoms with Gasteiger partial charge in [-0.1, -0.05) is 6.92 Å². The Balaban J connectivity index is 1.59. The number of carbonyl (C=O) groups is 1. The lowest BCUT2D eigenvalue weighted by molar-refractivity contribution is -0.141. The number of rotatable bonds is 0. The van der Waals surface area contributed by atoms with E-state index in [4.69, 9.17) is 0 Å². The second kappa shape index (κ2) is 4.79. The van der Waals surface area contributed by atoms with Gasteiger partial charge in [-0.3, -0.25) is 4.79 Å². The maximum absolute atomic E-state index is 12.3. The van der Waals surface area contributed by atoms with E-state index in [2.05, 4.69) is 6.92 Å². The Kier molecular flexibility index (Phi) is 3.24. The first-order chi connectivity index (χ1) is 10.0. The van der Waals surface area contributed by atoms with Crippen molar-refractivity contribution in [3.8, 4) is 0 Å². The Hall–Kier alpha value is -0.410. The third kappa shape index (κ3) is 1.89. The molecule has 4 aliphatic carbocycles. The monoisotopic (exact) mass is 292 g/mol. The average Bonchev–Trinajstić information content (AvgIpc) is 2.78. The minimum atomic E-state index is -0.511. The molecule has 4 aliphatic rings. The number of fused-ring (bicyclic) bond motifs is 5. The van der Waals surface area contributed by atoms with Crippen LogP contribution in [0.3, 0.4) is 0 Å². The highest BCUT2D eigenvalue weighted by molar-refractivity contribution is 5.87. The predicted molar refractivity (Wildman–Crippen MR) is 79.5 cm³/mol. The Morgan fingerprint density at radius 1 is 0.905 bits per heavy atom. The van der Waals surface area contributed by atoms with Gasteiger partial charge >= 0.3 is 0 Å². The quantitative estimate of drug-likeness (QED) is 0.721. The minimum absolute atomic E-state index is 0.0409. The van der Waals surface area contributed by atoms with Gasteiger partial charge in [-0.15, -0.1) is 0 Å². The molecule has 4 rings (SSSR count). The van der Waals surface area contributed by atoms with E-state index in [-0.39, 0.29) is 5.41 Å². The molecule has 8 atom stereocenters. The first-order valence-electron chi connectivity index (χ1n) is 8.92. The van der Waals surface area contributed by atoms with Crippen molar-refractivity contribution in [1.29, 1.82) is 0 Å². The van der Waals surface area contributed by atoms with Gasteiger partial charge in [-0.2, -0.15) is 0 Å². The number of carbonyl (C=O) groups excluding carboxylic acids is 1. The molecule has 2 N–H and O–H groups in total. The first kappa shape index (κ1) is 14.2. The number of ketones is 1. The third-order valence-corrected chi connectivity index (χ3v) is 7.76. The largest absolute Gasteiger partial charge is 0.390 e. The zero-order valence-corrected chi connectivity index (χ0v) is 13.0. The number of hydrogen-bond acceptors (Lipinski definition) is 3. The van der Waals surface area contributed by atoms with Crippen molar-refractivity contribution in [2.75, 3.05) is 0 Å². The van der Waals surface area contributed by atoms with Gasteiger partial charge in [0, 0.05) is 11.8 Å². The van der Waals surface area contributed by atoms with Crippen LogP contribution in [0.1, 0.15) is 58.3 Å². The van der Waals surface area contributed by atoms with Crippen molar-refractivity contribution in [2.45, 2.75) is 70.5 Å². The molecule has 0 bridgehead atoms. The van der Waals surface area contributed by atoms with Gasteiger partial charge in [0.05, 0.1) is 12.2 Å². The number of Topliss-reactive ketones (excluding diaryl/α,β-unsaturated/α-hetero) is 1. The van der Waals surface area contributed by atoms with Crippen LogP contribution in [0.25, 0.3) is 0 Å². The van der Waals surface area contributed by atoms with E-state index in [0.717, 1.165) is 51.4 Å². The molecule has 0 heterocycles. The van der Waals surface area contributed by atoms with Gasteiger partial charge in [0.1, 0.15) is 5.78 Å². The fourth-order valence-electron chi connectivity index (χ4n) is 6.62. The van der Waals surface area contributed by atoms with Crippen molar-refractivity contribution >= 4 is 5.78 Å². The molecule has 8 unspecified atom stereocenters. The Labute approximate surface area is 127 Å².